The minimum Gasteiger partial charge on any atom is -0.508 e. The van der Waals surface area contributed by atoms with E-state index in [2.05, 4.69) is 0 Å². The molecule has 1 aliphatic heterocycles. The second kappa shape index (κ2) is 10.5. The summed E-state index contributed by atoms with van der Waals surface area (Å²) in [7, 11) is 0. The Balaban J connectivity index is 1.79. The minimum absolute atomic E-state index is 0.196. The smallest absolute Gasteiger partial charge is 0.338 e. The Bertz CT molecular complexity index is 1050. The molecule has 1 unspecified atom stereocenters. The molecule has 0 saturated carbocycles. The number of hydrogen-bond acceptors (Lipinski definition) is 10. The summed E-state index contributed by atoms with van der Waals surface area (Å²) in [6.07, 6.45) is -7.27. The highest BCUT2D eigenvalue weighted by Crippen LogP contribution is 2.37. The van der Waals surface area contributed by atoms with Crippen molar-refractivity contribution >= 4 is 5.97 Å². The maximum Gasteiger partial charge on any atom is 0.338 e. The molecule has 10 nitrogen and oxygen atoms in total. The fourth-order valence-electron chi connectivity index (χ4n) is 4.23. The lowest BCUT2D eigenvalue weighted by Gasteiger charge is -2.48. The number of aromatic hydroxyl groups is 2. The van der Waals surface area contributed by atoms with E-state index in [4.69, 9.17) is 9.47 Å². The van der Waals surface area contributed by atoms with Crippen molar-refractivity contribution in [2.75, 3.05) is 13.2 Å². The van der Waals surface area contributed by atoms with Crippen LogP contribution in [0, 0.1) is 26.7 Å². The lowest BCUT2D eigenvalue weighted by molar-refractivity contribution is -0.370. The van der Waals surface area contributed by atoms with Gasteiger partial charge in [-0.1, -0.05) is 6.07 Å². The van der Waals surface area contributed by atoms with Crippen LogP contribution >= 0.6 is 0 Å². The van der Waals surface area contributed by atoms with Gasteiger partial charge in [0.1, 0.15) is 42.5 Å². The highest BCUT2D eigenvalue weighted by Gasteiger charge is 2.56. The van der Waals surface area contributed by atoms with Crippen molar-refractivity contribution in [3.8, 4) is 11.5 Å². The van der Waals surface area contributed by atoms with Gasteiger partial charge in [0, 0.05) is 12.0 Å². The average molecular weight is 493 g/mol. The Kier molecular flexibility index (Phi) is 8.05. The summed E-state index contributed by atoms with van der Waals surface area (Å²) in [5, 5.41) is 72.0. The van der Waals surface area contributed by atoms with Crippen molar-refractivity contribution in [3.63, 3.8) is 0 Å². The standard InChI is InChI=1S/C25H32O10/c1-12-6-16(7-13(2)14(12)3)24(32)34-11-20-21(29)22(30)23(31)25(33,35-20)17(10-26)8-15-4-5-18(27)9-19(15)28/h4-7,9,17,20-23,26-31,33H,8,10-11H2,1-3H3/t17?,20-,21-,22+,23-,25-/m1/s1. The molecule has 3 rings (SSSR count). The number of aliphatic hydroxyl groups excluding tert-OH is 4. The number of phenols is 2. The number of aryl methyl sites for hydroxylation is 2. The zero-order chi connectivity index (χ0) is 26.1. The van der Waals surface area contributed by atoms with Crippen molar-refractivity contribution in [1.82, 2.24) is 0 Å². The van der Waals surface area contributed by atoms with Gasteiger partial charge in [-0.15, -0.1) is 0 Å². The Morgan fingerprint density at radius 3 is 2.26 bits per heavy atom. The van der Waals surface area contributed by atoms with Gasteiger partial charge in [0.2, 0.25) is 5.79 Å². The molecular formula is C25H32O10. The highest BCUT2D eigenvalue weighted by molar-refractivity contribution is 5.90. The van der Waals surface area contributed by atoms with Crippen LogP contribution < -0.4 is 0 Å². The molecule has 1 saturated heterocycles. The van der Waals surface area contributed by atoms with E-state index in [-0.39, 0.29) is 29.0 Å². The molecule has 7 N–H and O–H groups in total. The number of phenolic OH excluding ortho intramolecular Hbond substituents is 2. The first-order valence-electron chi connectivity index (χ1n) is 11.2. The summed E-state index contributed by atoms with van der Waals surface area (Å²) in [6.45, 7) is 4.35. The molecule has 1 fully saturated rings. The normalized spacial score (nSPS) is 27.4. The summed E-state index contributed by atoms with van der Waals surface area (Å²) in [4.78, 5) is 12.6. The Morgan fingerprint density at radius 1 is 1.06 bits per heavy atom. The lowest BCUT2D eigenvalue weighted by Crippen LogP contribution is -2.68. The molecule has 1 heterocycles. The fourth-order valence-corrected chi connectivity index (χ4v) is 4.23. The van der Waals surface area contributed by atoms with E-state index in [9.17, 15) is 40.5 Å². The van der Waals surface area contributed by atoms with Crippen LogP contribution in [-0.4, -0.2) is 85.1 Å². The number of aliphatic hydroxyl groups is 5. The summed E-state index contributed by atoms with van der Waals surface area (Å²) in [6, 6.07) is 7.04. The molecule has 10 heteroatoms. The van der Waals surface area contributed by atoms with Crippen LogP contribution in [0.5, 0.6) is 11.5 Å². The van der Waals surface area contributed by atoms with E-state index in [1.807, 2.05) is 20.8 Å². The van der Waals surface area contributed by atoms with E-state index in [1.165, 1.54) is 12.1 Å². The third-order valence-corrected chi connectivity index (χ3v) is 6.70. The number of ether oxygens (including phenoxy) is 2. The van der Waals surface area contributed by atoms with Gasteiger partial charge in [-0.3, -0.25) is 0 Å². The maximum absolute atomic E-state index is 12.6. The SMILES string of the molecule is Cc1cc(C(=O)OC[C@H]2O[C@](O)(C(CO)Cc3ccc(O)cc3O)[C@H](O)[C@@H](O)[C@@H]2O)cc(C)c1C. The Hall–Kier alpha value is -2.73. The van der Waals surface area contributed by atoms with Crippen LogP contribution in [0.25, 0.3) is 0 Å². The van der Waals surface area contributed by atoms with E-state index in [0.29, 0.717) is 0 Å². The fraction of sp³-hybridized carbons (Fsp3) is 0.480. The van der Waals surface area contributed by atoms with Gasteiger partial charge in [0.15, 0.2) is 0 Å². The highest BCUT2D eigenvalue weighted by atomic mass is 16.7. The van der Waals surface area contributed by atoms with Crippen LogP contribution in [0.3, 0.4) is 0 Å². The number of carbonyl (C=O) groups is 1. The monoisotopic (exact) mass is 492 g/mol. The Labute approximate surface area is 202 Å². The molecule has 0 radical (unpaired) electrons. The number of carbonyl (C=O) groups excluding carboxylic acids is 1. The van der Waals surface area contributed by atoms with Gasteiger partial charge in [0.25, 0.3) is 0 Å². The molecule has 1 aliphatic rings. The molecular weight excluding hydrogens is 460 g/mol. The van der Waals surface area contributed by atoms with Gasteiger partial charge >= 0.3 is 5.97 Å². The van der Waals surface area contributed by atoms with E-state index in [0.717, 1.165) is 22.8 Å². The van der Waals surface area contributed by atoms with Crippen LogP contribution in [-0.2, 0) is 15.9 Å². The molecule has 0 aromatic heterocycles. The molecule has 0 amide bonds. The molecule has 0 spiro atoms. The maximum atomic E-state index is 12.6. The van der Waals surface area contributed by atoms with Crippen LogP contribution in [0.15, 0.2) is 30.3 Å². The first-order chi connectivity index (χ1) is 16.4. The minimum atomic E-state index is -2.56. The summed E-state index contributed by atoms with van der Waals surface area (Å²) in [5.41, 5.74) is 3.32. The first-order valence-corrected chi connectivity index (χ1v) is 11.2. The number of benzene rings is 2. The van der Waals surface area contributed by atoms with Gasteiger partial charge in [0.05, 0.1) is 12.2 Å². The first kappa shape index (κ1) is 26.9. The van der Waals surface area contributed by atoms with Crippen molar-refractivity contribution in [2.24, 2.45) is 5.92 Å². The number of rotatable bonds is 7. The van der Waals surface area contributed by atoms with Gasteiger partial charge < -0.3 is 45.2 Å². The lowest BCUT2D eigenvalue weighted by atomic mass is 9.81. The molecule has 0 aliphatic carbocycles. The van der Waals surface area contributed by atoms with E-state index < -0.39 is 55.3 Å². The van der Waals surface area contributed by atoms with Gasteiger partial charge in [-0.2, -0.15) is 0 Å². The number of esters is 1. The predicted octanol–water partition coefficient (Wildman–Crippen LogP) is 0.201. The zero-order valence-corrected chi connectivity index (χ0v) is 19.8. The second-order valence-electron chi connectivity index (χ2n) is 9.06. The predicted molar refractivity (Wildman–Crippen MR) is 123 cm³/mol. The average Bonchev–Trinajstić information content (AvgIpc) is 2.81. The van der Waals surface area contributed by atoms with Crippen molar-refractivity contribution in [3.05, 3.63) is 58.1 Å². The summed E-state index contributed by atoms with van der Waals surface area (Å²) >= 11 is 0. The van der Waals surface area contributed by atoms with Crippen molar-refractivity contribution in [1.29, 1.82) is 0 Å². The summed E-state index contributed by atoms with van der Waals surface area (Å²) < 4.78 is 10.8. The summed E-state index contributed by atoms with van der Waals surface area (Å²) in [5.74, 6) is -5.04. The molecule has 6 atom stereocenters. The third-order valence-electron chi connectivity index (χ3n) is 6.70. The largest absolute Gasteiger partial charge is 0.508 e. The molecule has 2 aromatic rings. The molecule has 192 valence electrons. The van der Waals surface area contributed by atoms with E-state index in [1.54, 1.807) is 12.1 Å². The molecule has 0 bridgehead atoms. The van der Waals surface area contributed by atoms with Crippen LogP contribution in [0.1, 0.15) is 32.6 Å². The van der Waals surface area contributed by atoms with Gasteiger partial charge in [-0.25, -0.2) is 4.79 Å². The second-order valence-corrected chi connectivity index (χ2v) is 9.06. The Morgan fingerprint density at radius 2 is 1.69 bits per heavy atom. The third kappa shape index (κ3) is 5.43. The van der Waals surface area contributed by atoms with Gasteiger partial charge in [-0.05, 0) is 67.6 Å². The van der Waals surface area contributed by atoms with E-state index >= 15 is 0 Å². The zero-order valence-electron chi connectivity index (χ0n) is 19.8. The number of hydrogen-bond donors (Lipinski definition) is 7. The molecule has 35 heavy (non-hydrogen) atoms. The van der Waals surface area contributed by atoms with Crippen molar-refractivity contribution in [2.45, 2.75) is 57.4 Å². The van der Waals surface area contributed by atoms with Crippen molar-refractivity contribution < 1.29 is 50.0 Å². The topological polar surface area (TPSA) is 177 Å². The van der Waals surface area contributed by atoms with Crippen LogP contribution in [0.4, 0.5) is 0 Å². The quantitative estimate of drug-likeness (QED) is 0.264. The molecule has 2 aromatic carbocycles. The van der Waals surface area contributed by atoms with Crippen LogP contribution in [0.2, 0.25) is 0 Å².